The van der Waals surface area contributed by atoms with Crippen LogP contribution in [0.25, 0.3) is 5.78 Å². The van der Waals surface area contributed by atoms with Gasteiger partial charge >= 0.3 is 11.6 Å². The zero-order valence-electron chi connectivity index (χ0n) is 8.75. The fourth-order valence-electron chi connectivity index (χ4n) is 1.85. The first kappa shape index (κ1) is 9.26. The van der Waals surface area contributed by atoms with E-state index in [1.165, 1.54) is 4.40 Å². The van der Waals surface area contributed by atoms with E-state index in [0.717, 1.165) is 18.4 Å². The Hall–Kier alpha value is -1.98. The second kappa shape index (κ2) is 3.01. The lowest BCUT2D eigenvalue weighted by molar-refractivity contribution is -0.391. The number of rotatable bonds is 2. The van der Waals surface area contributed by atoms with Gasteiger partial charge in [-0.05, 0) is 24.7 Å². The summed E-state index contributed by atoms with van der Waals surface area (Å²) in [6.07, 6.45) is 5.36. The molecule has 2 heterocycles. The summed E-state index contributed by atoms with van der Waals surface area (Å²) >= 11 is 0. The summed E-state index contributed by atoms with van der Waals surface area (Å²) in [7, 11) is 0. The van der Waals surface area contributed by atoms with Gasteiger partial charge in [-0.3, -0.25) is 0 Å². The van der Waals surface area contributed by atoms with Crippen molar-refractivity contribution in [3.63, 3.8) is 0 Å². The largest absolute Gasteiger partial charge is 0.358 e. The second-order valence-electron chi connectivity index (χ2n) is 4.15. The van der Waals surface area contributed by atoms with E-state index in [1.807, 2.05) is 6.92 Å². The molecule has 0 N–H and O–H groups in total. The molecular formula is C10H10N4O2. The summed E-state index contributed by atoms with van der Waals surface area (Å²) in [4.78, 5) is 19.0. The Labute approximate surface area is 91.1 Å². The first-order chi connectivity index (χ1) is 7.66. The van der Waals surface area contributed by atoms with E-state index < -0.39 is 0 Å². The summed E-state index contributed by atoms with van der Waals surface area (Å²) in [5.74, 6) is 0.746. The van der Waals surface area contributed by atoms with Crippen molar-refractivity contribution >= 4 is 11.6 Å². The van der Waals surface area contributed by atoms with Gasteiger partial charge in [-0.1, -0.05) is 0 Å². The highest BCUT2D eigenvalue weighted by Crippen LogP contribution is 2.43. The third-order valence-corrected chi connectivity index (χ3v) is 2.75. The molecule has 0 aromatic carbocycles. The molecule has 1 aliphatic carbocycles. The van der Waals surface area contributed by atoms with E-state index in [4.69, 9.17) is 0 Å². The van der Waals surface area contributed by atoms with Crippen LogP contribution in [0.1, 0.15) is 30.0 Å². The van der Waals surface area contributed by atoms with Crippen LogP contribution in [-0.2, 0) is 0 Å². The maximum atomic E-state index is 11.1. The molecular weight excluding hydrogens is 208 g/mol. The third-order valence-electron chi connectivity index (χ3n) is 2.75. The predicted octanol–water partition coefficient (Wildman–Crippen LogP) is 1.82. The molecule has 0 spiro atoms. The minimum atomic E-state index is -0.366. The van der Waals surface area contributed by atoms with E-state index in [2.05, 4.69) is 9.97 Å². The van der Waals surface area contributed by atoms with Crippen molar-refractivity contribution in [3.05, 3.63) is 33.8 Å². The molecule has 0 bridgehead atoms. The fourth-order valence-corrected chi connectivity index (χ4v) is 1.85. The van der Waals surface area contributed by atoms with Crippen molar-refractivity contribution in [1.82, 2.24) is 14.4 Å². The quantitative estimate of drug-likeness (QED) is 0.569. The number of imidazole rings is 1. The van der Waals surface area contributed by atoms with E-state index in [1.54, 1.807) is 12.4 Å². The zero-order chi connectivity index (χ0) is 11.3. The van der Waals surface area contributed by atoms with Crippen LogP contribution in [0.3, 0.4) is 0 Å². The first-order valence-electron chi connectivity index (χ1n) is 5.16. The van der Waals surface area contributed by atoms with Gasteiger partial charge in [0.25, 0.3) is 0 Å². The van der Waals surface area contributed by atoms with Gasteiger partial charge in [-0.2, -0.15) is 14.4 Å². The summed E-state index contributed by atoms with van der Waals surface area (Å²) in [6, 6.07) is 0. The fraction of sp³-hybridized carbons (Fsp3) is 0.400. The number of hydrogen-bond donors (Lipinski definition) is 0. The van der Waals surface area contributed by atoms with Gasteiger partial charge in [-0.25, -0.2) is 0 Å². The Balaban J connectivity index is 2.33. The SMILES string of the molecule is Cc1cnc2nc(C3CC3)c([N+](=O)[O-])n2c1. The standard InChI is InChI=1S/C10H10N4O2/c1-6-4-11-10-12-8(7-2-3-7)9(14(15)16)13(10)5-6/h4-5,7H,2-3H2,1H3. The van der Waals surface area contributed by atoms with Crippen molar-refractivity contribution in [3.8, 4) is 0 Å². The van der Waals surface area contributed by atoms with Crippen LogP contribution >= 0.6 is 0 Å². The van der Waals surface area contributed by atoms with Crippen molar-refractivity contribution in [1.29, 1.82) is 0 Å². The maximum absolute atomic E-state index is 11.1. The Morgan fingerprint density at radius 2 is 2.31 bits per heavy atom. The van der Waals surface area contributed by atoms with Crippen molar-refractivity contribution in [2.24, 2.45) is 0 Å². The maximum Gasteiger partial charge on any atom is 0.352 e. The normalized spacial score (nSPS) is 15.6. The molecule has 3 rings (SSSR count). The summed E-state index contributed by atoms with van der Waals surface area (Å²) in [5.41, 5.74) is 1.47. The lowest BCUT2D eigenvalue weighted by atomic mass is 10.3. The molecule has 2 aromatic rings. The lowest BCUT2D eigenvalue weighted by Crippen LogP contribution is -1.98. The number of hydrogen-bond acceptors (Lipinski definition) is 4. The van der Waals surface area contributed by atoms with Crippen LogP contribution in [-0.4, -0.2) is 19.3 Å². The molecule has 16 heavy (non-hydrogen) atoms. The average molecular weight is 218 g/mol. The molecule has 0 aliphatic heterocycles. The highest BCUT2D eigenvalue weighted by molar-refractivity contribution is 5.47. The van der Waals surface area contributed by atoms with Crippen molar-refractivity contribution < 1.29 is 4.92 Å². The molecule has 0 saturated heterocycles. The Bertz CT molecular complexity index is 586. The van der Waals surface area contributed by atoms with Crippen molar-refractivity contribution in [2.75, 3.05) is 0 Å². The monoisotopic (exact) mass is 218 g/mol. The number of aryl methyl sites for hydroxylation is 1. The Kier molecular flexibility index (Phi) is 1.74. The third kappa shape index (κ3) is 1.26. The molecule has 2 aromatic heterocycles. The number of nitro groups is 1. The van der Waals surface area contributed by atoms with Gasteiger partial charge in [0.05, 0.1) is 0 Å². The average Bonchev–Trinajstić information content (AvgIpc) is 2.99. The van der Waals surface area contributed by atoms with Crippen LogP contribution in [0.2, 0.25) is 0 Å². The van der Waals surface area contributed by atoms with E-state index >= 15 is 0 Å². The Morgan fingerprint density at radius 1 is 1.56 bits per heavy atom. The minimum absolute atomic E-state index is 0.0775. The van der Waals surface area contributed by atoms with Crippen molar-refractivity contribution in [2.45, 2.75) is 25.7 Å². The van der Waals surface area contributed by atoms with Crippen LogP contribution in [0.15, 0.2) is 12.4 Å². The summed E-state index contributed by atoms with van der Waals surface area (Å²) in [6.45, 7) is 1.85. The molecule has 0 radical (unpaired) electrons. The molecule has 0 atom stereocenters. The molecule has 0 amide bonds. The van der Waals surface area contributed by atoms with Gasteiger partial charge in [-0.15, -0.1) is 0 Å². The lowest BCUT2D eigenvalue weighted by Gasteiger charge is -1.95. The van der Waals surface area contributed by atoms with E-state index in [0.29, 0.717) is 11.5 Å². The topological polar surface area (TPSA) is 73.3 Å². The summed E-state index contributed by atoms with van der Waals surface area (Å²) < 4.78 is 1.48. The van der Waals surface area contributed by atoms with Gasteiger partial charge in [0.2, 0.25) is 0 Å². The van der Waals surface area contributed by atoms with Gasteiger partial charge in [0, 0.05) is 17.7 Å². The van der Waals surface area contributed by atoms with E-state index in [9.17, 15) is 10.1 Å². The molecule has 6 heteroatoms. The van der Waals surface area contributed by atoms with Gasteiger partial charge in [0.15, 0.2) is 0 Å². The molecule has 1 aliphatic rings. The highest BCUT2D eigenvalue weighted by Gasteiger charge is 2.35. The number of fused-ring (bicyclic) bond motifs is 1. The van der Waals surface area contributed by atoms with Crippen LogP contribution < -0.4 is 0 Å². The molecule has 1 fully saturated rings. The number of aromatic nitrogens is 3. The number of nitrogens with zero attached hydrogens (tertiary/aromatic N) is 4. The first-order valence-corrected chi connectivity index (χ1v) is 5.16. The Morgan fingerprint density at radius 3 is 2.94 bits per heavy atom. The highest BCUT2D eigenvalue weighted by atomic mass is 16.6. The van der Waals surface area contributed by atoms with Crippen LogP contribution in [0.4, 0.5) is 5.82 Å². The minimum Gasteiger partial charge on any atom is -0.358 e. The van der Waals surface area contributed by atoms with Crippen LogP contribution in [0, 0.1) is 17.0 Å². The molecule has 82 valence electrons. The predicted molar refractivity (Wildman–Crippen MR) is 56.4 cm³/mol. The molecule has 0 unspecified atom stereocenters. The van der Waals surface area contributed by atoms with Gasteiger partial charge in [0.1, 0.15) is 11.9 Å². The molecule has 6 nitrogen and oxygen atoms in total. The van der Waals surface area contributed by atoms with Gasteiger partial charge < -0.3 is 10.1 Å². The smallest absolute Gasteiger partial charge is 0.352 e. The van der Waals surface area contributed by atoms with E-state index in [-0.39, 0.29) is 16.7 Å². The molecule has 1 saturated carbocycles. The summed E-state index contributed by atoms with van der Waals surface area (Å²) in [5, 5.41) is 11.1. The van der Waals surface area contributed by atoms with Crippen LogP contribution in [0.5, 0.6) is 0 Å². The second-order valence-corrected chi connectivity index (χ2v) is 4.15. The zero-order valence-corrected chi connectivity index (χ0v) is 8.75.